The molecule has 3 rings (SSSR count). The Morgan fingerprint density at radius 3 is 3.08 bits per heavy atom. The molecule has 1 unspecified atom stereocenters. The van der Waals surface area contributed by atoms with Crippen molar-refractivity contribution in [3.8, 4) is 0 Å². The van der Waals surface area contributed by atoms with Gasteiger partial charge in [-0.15, -0.1) is 11.3 Å². The van der Waals surface area contributed by atoms with Crippen LogP contribution in [0.5, 0.6) is 0 Å². The van der Waals surface area contributed by atoms with E-state index in [0.29, 0.717) is 30.6 Å². The molecule has 7 heteroatoms. The Balaban J connectivity index is 1.56. The minimum atomic E-state index is -0.0373. The Kier molecular flexibility index (Phi) is 5.30. The van der Waals surface area contributed by atoms with Crippen molar-refractivity contribution in [2.24, 2.45) is 0 Å². The summed E-state index contributed by atoms with van der Waals surface area (Å²) in [6, 6.07) is 2.10. The maximum atomic E-state index is 12.1. The van der Waals surface area contributed by atoms with Crippen LogP contribution in [0.3, 0.4) is 0 Å². The van der Waals surface area contributed by atoms with E-state index >= 15 is 0 Å². The first-order chi connectivity index (χ1) is 11.6. The van der Waals surface area contributed by atoms with Crippen LogP contribution < -0.4 is 5.32 Å². The van der Waals surface area contributed by atoms with E-state index in [4.69, 9.17) is 9.51 Å². The van der Waals surface area contributed by atoms with Crippen LogP contribution in [0, 0.1) is 6.92 Å². The summed E-state index contributed by atoms with van der Waals surface area (Å²) in [7, 11) is 2.10. The fraction of sp³-hybridized carbons (Fsp3) is 0.588. The van der Waals surface area contributed by atoms with Crippen molar-refractivity contribution in [2.45, 2.75) is 52.0 Å². The number of anilines is 1. The SMILES string of the molecule is CCc1nc2c(s1)C(N(C)CCC(=O)Nc1cc(C)on1)CCC2. The largest absolute Gasteiger partial charge is 0.360 e. The highest BCUT2D eigenvalue weighted by molar-refractivity contribution is 7.11. The van der Waals surface area contributed by atoms with Crippen molar-refractivity contribution < 1.29 is 9.32 Å². The minimum Gasteiger partial charge on any atom is -0.360 e. The van der Waals surface area contributed by atoms with Crippen LogP contribution in [0.15, 0.2) is 10.6 Å². The number of aryl methyl sites for hydroxylation is 3. The molecule has 0 fully saturated rings. The molecule has 2 aromatic heterocycles. The average molecular weight is 348 g/mol. The molecule has 1 aliphatic carbocycles. The van der Waals surface area contributed by atoms with Crippen molar-refractivity contribution in [2.75, 3.05) is 18.9 Å². The van der Waals surface area contributed by atoms with Gasteiger partial charge in [0.05, 0.1) is 10.7 Å². The molecule has 0 aliphatic heterocycles. The van der Waals surface area contributed by atoms with Gasteiger partial charge < -0.3 is 9.84 Å². The molecule has 1 atom stereocenters. The van der Waals surface area contributed by atoms with Crippen molar-refractivity contribution in [1.82, 2.24) is 15.0 Å². The van der Waals surface area contributed by atoms with Crippen molar-refractivity contribution in [1.29, 1.82) is 0 Å². The third-order valence-corrected chi connectivity index (χ3v) is 5.73. The number of nitrogens with zero attached hydrogens (tertiary/aromatic N) is 3. The zero-order valence-electron chi connectivity index (χ0n) is 14.5. The first-order valence-corrected chi connectivity index (χ1v) is 9.30. The van der Waals surface area contributed by atoms with Gasteiger partial charge in [0.15, 0.2) is 5.82 Å². The first kappa shape index (κ1) is 17.1. The molecule has 0 spiro atoms. The maximum absolute atomic E-state index is 12.1. The Bertz CT molecular complexity index is 709. The standard InChI is InChI=1S/C17H24N4O2S/c1-4-16-18-12-6-5-7-13(17(12)24-16)21(3)9-8-15(22)19-14-10-11(2)23-20-14/h10,13H,4-9H2,1-3H3,(H,19,20,22). The highest BCUT2D eigenvalue weighted by atomic mass is 32.1. The van der Waals surface area contributed by atoms with E-state index < -0.39 is 0 Å². The molecule has 0 saturated heterocycles. The van der Waals surface area contributed by atoms with Crippen LogP contribution in [0.1, 0.15) is 53.6 Å². The molecule has 1 aliphatic rings. The second-order valence-corrected chi connectivity index (χ2v) is 7.40. The van der Waals surface area contributed by atoms with Gasteiger partial charge in [-0.05, 0) is 39.7 Å². The van der Waals surface area contributed by atoms with E-state index in [1.807, 2.05) is 11.3 Å². The van der Waals surface area contributed by atoms with Crippen LogP contribution in [0.25, 0.3) is 0 Å². The summed E-state index contributed by atoms with van der Waals surface area (Å²) in [4.78, 5) is 20.5. The van der Waals surface area contributed by atoms with Crippen molar-refractivity contribution in [3.63, 3.8) is 0 Å². The molecule has 0 radical (unpaired) electrons. The monoisotopic (exact) mass is 348 g/mol. The molecule has 2 heterocycles. The van der Waals surface area contributed by atoms with Gasteiger partial charge in [0.1, 0.15) is 5.76 Å². The smallest absolute Gasteiger partial charge is 0.226 e. The van der Waals surface area contributed by atoms with E-state index in [1.165, 1.54) is 22.0 Å². The number of rotatable bonds is 6. The number of aromatic nitrogens is 2. The Labute approximate surface area is 146 Å². The summed E-state index contributed by atoms with van der Waals surface area (Å²) < 4.78 is 4.96. The summed E-state index contributed by atoms with van der Waals surface area (Å²) in [5.41, 5.74) is 1.27. The third-order valence-electron chi connectivity index (χ3n) is 4.39. The molecule has 1 N–H and O–H groups in total. The summed E-state index contributed by atoms with van der Waals surface area (Å²) in [6.45, 7) is 4.67. The van der Waals surface area contributed by atoms with E-state index in [9.17, 15) is 4.79 Å². The molecular weight excluding hydrogens is 324 g/mol. The first-order valence-electron chi connectivity index (χ1n) is 8.48. The van der Waals surface area contributed by atoms with Crippen molar-refractivity contribution >= 4 is 23.1 Å². The topological polar surface area (TPSA) is 71.3 Å². The fourth-order valence-electron chi connectivity index (χ4n) is 3.08. The van der Waals surface area contributed by atoms with Crippen LogP contribution >= 0.6 is 11.3 Å². The molecule has 2 aromatic rings. The van der Waals surface area contributed by atoms with Crippen LogP contribution in [-0.4, -0.2) is 34.5 Å². The maximum Gasteiger partial charge on any atom is 0.226 e. The Morgan fingerprint density at radius 1 is 1.54 bits per heavy atom. The summed E-state index contributed by atoms with van der Waals surface area (Å²) in [5.74, 6) is 1.13. The van der Waals surface area contributed by atoms with Gasteiger partial charge in [-0.1, -0.05) is 12.1 Å². The van der Waals surface area contributed by atoms with Crippen molar-refractivity contribution in [3.05, 3.63) is 27.4 Å². The predicted molar refractivity (Wildman–Crippen MR) is 94.3 cm³/mol. The zero-order valence-corrected chi connectivity index (χ0v) is 15.3. The molecule has 1 amide bonds. The van der Waals surface area contributed by atoms with Crippen LogP contribution in [0.4, 0.5) is 5.82 Å². The molecule has 6 nitrogen and oxygen atoms in total. The lowest BCUT2D eigenvalue weighted by Crippen LogP contribution is -2.30. The van der Waals surface area contributed by atoms with Crippen LogP contribution in [-0.2, 0) is 17.6 Å². The third kappa shape index (κ3) is 3.84. The lowest BCUT2D eigenvalue weighted by Gasteiger charge is -2.30. The number of carbonyl (C=O) groups excluding carboxylic acids is 1. The van der Waals surface area contributed by atoms with E-state index in [2.05, 4.69) is 29.3 Å². The Hall–Kier alpha value is -1.73. The van der Waals surface area contributed by atoms with Crippen LogP contribution in [0.2, 0.25) is 0 Å². The fourth-order valence-corrected chi connectivity index (χ4v) is 4.34. The Morgan fingerprint density at radius 2 is 2.38 bits per heavy atom. The number of hydrogen-bond acceptors (Lipinski definition) is 6. The quantitative estimate of drug-likeness (QED) is 0.867. The second kappa shape index (κ2) is 7.44. The molecule has 130 valence electrons. The molecule has 24 heavy (non-hydrogen) atoms. The van der Waals surface area contributed by atoms with Gasteiger partial charge >= 0.3 is 0 Å². The van der Waals surface area contributed by atoms with Gasteiger partial charge in [0.25, 0.3) is 0 Å². The number of hydrogen-bond donors (Lipinski definition) is 1. The van der Waals surface area contributed by atoms with Gasteiger partial charge in [-0.2, -0.15) is 0 Å². The number of fused-ring (bicyclic) bond motifs is 1. The molecular formula is C17H24N4O2S. The normalized spacial score (nSPS) is 17.1. The summed E-state index contributed by atoms with van der Waals surface area (Å²) >= 11 is 1.84. The number of thiazole rings is 1. The van der Waals surface area contributed by atoms with Gasteiger partial charge in [0, 0.05) is 30.0 Å². The molecule has 0 bridgehead atoms. The van der Waals surface area contributed by atoms with Gasteiger partial charge in [-0.3, -0.25) is 9.69 Å². The summed E-state index contributed by atoms with van der Waals surface area (Å²) in [5, 5.41) is 7.78. The second-order valence-electron chi connectivity index (χ2n) is 6.28. The lowest BCUT2D eigenvalue weighted by atomic mass is 9.97. The van der Waals surface area contributed by atoms with E-state index in [0.717, 1.165) is 19.3 Å². The van der Waals surface area contributed by atoms with E-state index in [-0.39, 0.29) is 5.91 Å². The van der Waals surface area contributed by atoms with Gasteiger partial charge in [-0.25, -0.2) is 4.98 Å². The highest BCUT2D eigenvalue weighted by Crippen LogP contribution is 2.37. The zero-order chi connectivity index (χ0) is 17.1. The summed E-state index contributed by atoms with van der Waals surface area (Å²) in [6.07, 6.45) is 4.82. The number of amides is 1. The highest BCUT2D eigenvalue weighted by Gasteiger charge is 2.27. The predicted octanol–water partition coefficient (Wildman–Crippen LogP) is 3.34. The minimum absolute atomic E-state index is 0.0373. The van der Waals surface area contributed by atoms with E-state index in [1.54, 1.807) is 13.0 Å². The number of carbonyl (C=O) groups is 1. The molecule has 0 saturated carbocycles. The molecule has 0 aromatic carbocycles. The van der Waals surface area contributed by atoms with Gasteiger partial charge in [0.2, 0.25) is 5.91 Å². The average Bonchev–Trinajstić information content (AvgIpc) is 3.17. The number of nitrogens with one attached hydrogen (secondary N) is 1. The lowest BCUT2D eigenvalue weighted by molar-refractivity contribution is -0.116.